The van der Waals surface area contributed by atoms with Crippen molar-refractivity contribution in [2.45, 2.75) is 0 Å². The summed E-state index contributed by atoms with van der Waals surface area (Å²) in [5.74, 6) is -0.938. The predicted octanol–water partition coefficient (Wildman–Crippen LogP) is -1.01. The topological polar surface area (TPSA) is 66.5 Å². The standard InChI is InChI=1S/C5H6N2O3S/c8-3-1-7(5(10)11)2-4(9)6-3/h1-2H2,(H,10,11)(H,6,8,9). The third-order valence-electron chi connectivity index (χ3n) is 1.22. The minimum absolute atomic E-state index is 0.0892. The molecule has 1 saturated heterocycles. The molecule has 0 aliphatic carbocycles. The average molecular weight is 174 g/mol. The van der Waals surface area contributed by atoms with Crippen LogP contribution in [0.2, 0.25) is 0 Å². The van der Waals surface area contributed by atoms with Crippen LogP contribution in [0.3, 0.4) is 0 Å². The molecule has 1 aliphatic heterocycles. The molecule has 0 aromatic heterocycles. The van der Waals surface area contributed by atoms with Crippen molar-refractivity contribution in [3.05, 3.63) is 0 Å². The molecule has 0 aromatic rings. The number of carbonyl (C=O) groups is 3. The molecule has 5 nitrogen and oxygen atoms in total. The fourth-order valence-corrected chi connectivity index (χ4v) is 0.914. The van der Waals surface area contributed by atoms with E-state index in [4.69, 9.17) is 0 Å². The summed E-state index contributed by atoms with van der Waals surface area (Å²) >= 11 is 3.48. The molecule has 1 aliphatic rings. The Hall–Kier alpha value is -1.04. The zero-order valence-electron chi connectivity index (χ0n) is 5.53. The second-order valence-electron chi connectivity index (χ2n) is 2.11. The summed E-state index contributed by atoms with van der Waals surface area (Å²) in [6.45, 7) is -0.178. The molecule has 0 aromatic carbocycles. The molecule has 1 N–H and O–H groups in total. The first-order chi connectivity index (χ1) is 5.09. The Bertz CT molecular complexity index is 212. The van der Waals surface area contributed by atoms with Crippen LogP contribution < -0.4 is 5.32 Å². The van der Waals surface area contributed by atoms with E-state index < -0.39 is 17.1 Å². The number of nitrogens with zero attached hydrogens (tertiary/aromatic N) is 1. The van der Waals surface area contributed by atoms with E-state index in [1.807, 2.05) is 0 Å². The second-order valence-corrected chi connectivity index (χ2v) is 2.49. The smallest absolute Gasteiger partial charge is 0.279 e. The Morgan fingerprint density at radius 3 is 2.18 bits per heavy atom. The van der Waals surface area contributed by atoms with Gasteiger partial charge in [-0.1, -0.05) is 12.6 Å². The number of imide groups is 1. The fraction of sp³-hybridized carbons (Fsp3) is 0.400. The van der Waals surface area contributed by atoms with Crippen LogP contribution in [0.25, 0.3) is 0 Å². The Morgan fingerprint density at radius 2 is 1.82 bits per heavy atom. The Balaban J connectivity index is 2.63. The summed E-state index contributed by atoms with van der Waals surface area (Å²) in [5, 5.41) is 1.50. The third kappa shape index (κ3) is 1.94. The van der Waals surface area contributed by atoms with Crippen LogP contribution in [0.1, 0.15) is 0 Å². The molecule has 0 bridgehead atoms. The molecule has 1 heterocycles. The maximum Gasteiger partial charge on any atom is 0.279 e. The first-order valence-electron chi connectivity index (χ1n) is 2.90. The maximum atomic E-state index is 10.6. The normalized spacial score (nSPS) is 18.1. The van der Waals surface area contributed by atoms with Crippen molar-refractivity contribution in [1.82, 2.24) is 10.2 Å². The van der Waals surface area contributed by atoms with E-state index >= 15 is 0 Å². The van der Waals surface area contributed by atoms with Gasteiger partial charge in [-0.3, -0.25) is 19.7 Å². The monoisotopic (exact) mass is 174 g/mol. The molecular weight excluding hydrogens is 168 g/mol. The van der Waals surface area contributed by atoms with Gasteiger partial charge >= 0.3 is 0 Å². The van der Waals surface area contributed by atoms with Crippen LogP contribution in [0.15, 0.2) is 0 Å². The number of carbonyl (C=O) groups excluding carboxylic acids is 3. The average Bonchev–Trinajstić information content (AvgIpc) is 1.85. The predicted molar refractivity (Wildman–Crippen MR) is 39.1 cm³/mol. The Morgan fingerprint density at radius 1 is 1.36 bits per heavy atom. The third-order valence-corrected chi connectivity index (χ3v) is 1.50. The SMILES string of the molecule is O=C1CN(C(=O)S)CC(=O)N1. The van der Waals surface area contributed by atoms with Crippen molar-refractivity contribution >= 4 is 29.7 Å². The second kappa shape index (κ2) is 2.91. The first kappa shape index (κ1) is 8.06. The van der Waals surface area contributed by atoms with Gasteiger partial charge in [0.2, 0.25) is 11.8 Å². The van der Waals surface area contributed by atoms with Gasteiger partial charge in [-0.2, -0.15) is 0 Å². The van der Waals surface area contributed by atoms with Crippen molar-refractivity contribution in [3.63, 3.8) is 0 Å². The van der Waals surface area contributed by atoms with E-state index in [-0.39, 0.29) is 13.1 Å². The van der Waals surface area contributed by atoms with Gasteiger partial charge in [0.05, 0.1) is 0 Å². The van der Waals surface area contributed by atoms with Gasteiger partial charge in [0.25, 0.3) is 5.24 Å². The molecule has 0 atom stereocenters. The van der Waals surface area contributed by atoms with Crippen LogP contribution in [-0.4, -0.2) is 35.0 Å². The minimum atomic E-state index is -0.562. The molecular formula is C5H6N2O3S. The van der Waals surface area contributed by atoms with E-state index in [2.05, 4.69) is 17.9 Å². The van der Waals surface area contributed by atoms with Gasteiger partial charge in [0, 0.05) is 0 Å². The zero-order chi connectivity index (χ0) is 8.43. The molecule has 3 amide bonds. The molecule has 1 rings (SSSR count). The van der Waals surface area contributed by atoms with E-state index in [0.717, 1.165) is 4.90 Å². The number of rotatable bonds is 0. The largest absolute Gasteiger partial charge is 0.315 e. The first-order valence-corrected chi connectivity index (χ1v) is 3.35. The van der Waals surface area contributed by atoms with E-state index in [0.29, 0.717) is 0 Å². The fourth-order valence-electron chi connectivity index (χ4n) is 0.772. The summed E-state index contributed by atoms with van der Waals surface area (Å²) in [5.41, 5.74) is 0. The number of nitrogens with one attached hydrogen (secondary N) is 1. The summed E-state index contributed by atoms with van der Waals surface area (Å²) in [6.07, 6.45) is 0. The molecule has 6 heteroatoms. The Labute approximate surface area is 68.1 Å². The summed E-state index contributed by atoms with van der Waals surface area (Å²) < 4.78 is 0. The van der Waals surface area contributed by atoms with Gasteiger partial charge in [-0.15, -0.1) is 0 Å². The number of hydrogen-bond acceptors (Lipinski definition) is 3. The lowest BCUT2D eigenvalue weighted by Crippen LogP contribution is -2.52. The van der Waals surface area contributed by atoms with Crippen molar-refractivity contribution in [2.75, 3.05) is 13.1 Å². The highest BCUT2D eigenvalue weighted by Gasteiger charge is 2.24. The summed E-state index contributed by atoms with van der Waals surface area (Å²) in [6, 6.07) is 0. The summed E-state index contributed by atoms with van der Waals surface area (Å²) in [7, 11) is 0. The molecule has 0 spiro atoms. The van der Waals surface area contributed by atoms with Crippen molar-refractivity contribution in [1.29, 1.82) is 0 Å². The molecule has 0 radical (unpaired) electrons. The van der Waals surface area contributed by atoms with Gasteiger partial charge in [-0.25, -0.2) is 0 Å². The van der Waals surface area contributed by atoms with Crippen molar-refractivity contribution < 1.29 is 14.4 Å². The highest BCUT2D eigenvalue weighted by Crippen LogP contribution is 1.98. The Kier molecular flexibility index (Phi) is 2.13. The van der Waals surface area contributed by atoms with Crippen molar-refractivity contribution in [3.8, 4) is 0 Å². The van der Waals surface area contributed by atoms with Crippen LogP contribution in [-0.2, 0) is 9.59 Å². The zero-order valence-corrected chi connectivity index (χ0v) is 6.43. The quantitative estimate of drug-likeness (QED) is 0.365. The van der Waals surface area contributed by atoms with Crippen LogP contribution in [0.5, 0.6) is 0 Å². The lowest BCUT2D eigenvalue weighted by Gasteiger charge is -2.22. The van der Waals surface area contributed by atoms with Gasteiger partial charge in [0.15, 0.2) is 0 Å². The molecule has 11 heavy (non-hydrogen) atoms. The minimum Gasteiger partial charge on any atom is -0.315 e. The van der Waals surface area contributed by atoms with Crippen LogP contribution in [0.4, 0.5) is 4.79 Å². The molecule has 0 unspecified atom stereocenters. The van der Waals surface area contributed by atoms with Gasteiger partial charge in [-0.05, 0) is 0 Å². The van der Waals surface area contributed by atoms with E-state index in [1.165, 1.54) is 0 Å². The number of piperazine rings is 1. The lowest BCUT2D eigenvalue weighted by atomic mass is 10.4. The van der Waals surface area contributed by atoms with Crippen LogP contribution >= 0.6 is 12.6 Å². The summed E-state index contributed by atoms with van der Waals surface area (Å²) in [4.78, 5) is 32.9. The number of thiol groups is 1. The van der Waals surface area contributed by atoms with Gasteiger partial charge < -0.3 is 4.90 Å². The number of hydrogen-bond donors (Lipinski definition) is 2. The highest BCUT2D eigenvalue weighted by molar-refractivity contribution is 7.96. The molecule has 0 saturated carbocycles. The highest BCUT2D eigenvalue weighted by atomic mass is 32.1. The van der Waals surface area contributed by atoms with E-state index in [9.17, 15) is 14.4 Å². The van der Waals surface area contributed by atoms with E-state index in [1.54, 1.807) is 0 Å². The van der Waals surface area contributed by atoms with Crippen molar-refractivity contribution in [2.24, 2.45) is 0 Å². The maximum absolute atomic E-state index is 10.6. The molecule has 1 fully saturated rings. The lowest BCUT2D eigenvalue weighted by molar-refractivity contribution is -0.134. The van der Waals surface area contributed by atoms with Crippen LogP contribution in [0, 0.1) is 0 Å². The van der Waals surface area contributed by atoms with Gasteiger partial charge in [0.1, 0.15) is 13.1 Å². The molecule has 60 valence electrons. The number of amides is 3.